The number of fused-ring (bicyclic) bond motifs is 1. The Kier molecular flexibility index (Phi) is 7.89. The number of benzene rings is 2. The lowest BCUT2D eigenvalue weighted by Crippen LogP contribution is -2.41. The fourth-order valence-corrected chi connectivity index (χ4v) is 3.70. The Balaban J connectivity index is 0.00000272. The summed E-state index contributed by atoms with van der Waals surface area (Å²) < 4.78 is 8.13. The first kappa shape index (κ1) is 23.1. The number of aromatic nitrogens is 3. The molecule has 164 valence electrons. The Bertz CT molecular complexity index is 1050. The molecule has 1 aromatic heterocycles. The van der Waals surface area contributed by atoms with Gasteiger partial charge in [0.25, 0.3) is 0 Å². The van der Waals surface area contributed by atoms with Gasteiger partial charge >= 0.3 is 0 Å². The molecule has 2 N–H and O–H groups in total. The van der Waals surface area contributed by atoms with Crippen molar-refractivity contribution in [1.82, 2.24) is 25.4 Å². The van der Waals surface area contributed by atoms with Gasteiger partial charge in [-0.25, -0.2) is 9.67 Å². The number of halogens is 1. The maximum absolute atomic E-state index is 6.13. The van der Waals surface area contributed by atoms with Crippen LogP contribution in [0.1, 0.15) is 41.7 Å². The maximum Gasteiger partial charge on any atom is 0.191 e. The van der Waals surface area contributed by atoms with Crippen molar-refractivity contribution < 1.29 is 4.74 Å². The van der Waals surface area contributed by atoms with Gasteiger partial charge in [-0.05, 0) is 50.5 Å². The highest BCUT2D eigenvalue weighted by Crippen LogP contribution is 2.26. The number of hydrogen-bond acceptors (Lipinski definition) is 4. The molecule has 0 amide bonds. The van der Waals surface area contributed by atoms with Crippen LogP contribution in [0.5, 0.6) is 11.5 Å². The van der Waals surface area contributed by atoms with Gasteiger partial charge in [-0.2, -0.15) is 5.10 Å². The fraction of sp³-hybridized carbons (Fsp3) is 0.348. The molecular weight excluding hydrogens is 503 g/mol. The average Bonchev–Trinajstić information content (AvgIpc) is 3.13. The van der Waals surface area contributed by atoms with E-state index < -0.39 is 0 Å². The molecule has 3 aromatic rings. The molecule has 2 heterocycles. The molecule has 0 fully saturated rings. The van der Waals surface area contributed by atoms with Gasteiger partial charge in [-0.15, -0.1) is 24.0 Å². The quantitative estimate of drug-likeness (QED) is 0.288. The molecule has 0 radical (unpaired) electrons. The molecule has 2 aromatic carbocycles. The minimum Gasteiger partial charge on any atom is -0.457 e. The smallest absolute Gasteiger partial charge is 0.191 e. The summed E-state index contributed by atoms with van der Waals surface area (Å²) in [5, 5.41) is 11.4. The van der Waals surface area contributed by atoms with Crippen LogP contribution in [0.25, 0.3) is 0 Å². The van der Waals surface area contributed by atoms with E-state index in [0.29, 0.717) is 6.54 Å². The van der Waals surface area contributed by atoms with Gasteiger partial charge in [0.2, 0.25) is 0 Å². The zero-order chi connectivity index (χ0) is 20.9. The highest BCUT2D eigenvalue weighted by molar-refractivity contribution is 14.0. The first-order chi connectivity index (χ1) is 14.6. The van der Waals surface area contributed by atoms with Crippen LogP contribution in [0.15, 0.2) is 53.5 Å². The van der Waals surface area contributed by atoms with E-state index in [2.05, 4.69) is 44.8 Å². The van der Waals surface area contributed by atoms with Crippen LogP contribution in [-0.4, -0.2) is 27.8 Å². The van der Waals surface area contributed by atoms with Crippen LogP contribution in [0, 0.1) is 13.8 Å². The van der Waals surface area contributed by atoms with Crippen molar-refractivity contribution in [2.75, 3.05) is 7.05 Å². The first-order valence-electron chi connectivity index (χ1n) is 10.3. The number of hydrogen-bond donors (Lipinski definition) is 2. The van der Waals surface area contributed by atoms with Crippen LogP contribution >= 0.6 is 24.0 Å². The van der Waals surface area contributed by atoms with Crippen molar-refractivity contribution in [2.24, 2.45) is 4.99 Å². The molecule has 0 aliphatic carbocycles. The van der Waals surface area contributed by atoms with Crippen molar-refractivity contribution in [2.45, 2.75) is 45.8 Å². The predicted molar refractivity (Wildman–Crippen MR) is 133 cm³/mol. The number of nitrogens with zero attached hydrogens (tertiary/aromatic N) is 4. The van der Waals surface area contributed by atoms with Crippen molar-refractivity contribution in [3.05, 3.63) is 71.3 Å². The van der Waals surface area contributed by atoms with E-state index in [4.69, 9.17) is 4.74 Å². The molecule has 1 atom stereocenters. The summed E-state index contributed by atoms with van der Waals surface area (Å²) in [7, 11) is 1.78. The van der Waals surface area contributed by atoms with Crippen molar-refractivity contribution >= 4 is 29.9 Å². The van der Waals surface area contributed by atoms with E-state index in [-0.39, 0.29) is 30.0 Å². The summed E-state index contributed by atoms with van der Waals surface area (Å²) >= 11 is 0. The van der Waals surface area contributed by atoms with Crippen LogP contribution in [0.4, 0.5) is 0 Å². The molecule has 1 aliphatic heterocycles. The molecule has 0 bridgehead atoms. The fourth-order valence-electron chi connectivity index (χ4n) is 3.70. The summed E-state index contributed by atoms with van der Waals surface area (Å²) in [6, 6.07) is 16.2. The highest BCUT2D eigenvalue weighted by Gasteiger charge is 2.24. The van der Waals surface area contributed by atoms with Gasteiger partial charge in [0, 0.05) is 25.7 Å². The van der Waals surface area contributed by atoms with E-state index in [1.807, 2.05) is 48.0 Å². The van der Waals surface area contributed by atoms with Crippen molar-refractivity contribution in [3.63, 3.8) is 0 Å². The SMILES string of the molecule is CN=C(NCc1ccccc1Oc1cccc(C)c1)NC1CCCn2nc(C)nc21.I. The van der Waals surface area contributed by atoms with Gasteiger partial charge in [0.1, 0.15) is 23.1 Å². The van der Waals surface area contributed by atoms with E-state index in [1.165, 1.54) is 5.56 Å². The van der Waals surface area contributed by atoms with Crippen LogP contribution in [0.2, 0.25) is 0 Å². The molecule has 31 heavy (non-hydrogen) atoms. The summed E-state index contributed by atoms with van der Waals surface area (Å²) in [5.41, 5.74) is 2.23. The van der Waals surface area contributed by atoms with Crippen molar-refractivity contribution in [3.8, 4) is 11.5 Å². The van der Waals surface area contributed by atoms with Crippen LogP contribution < -0.4 is 15.4 Å². The second-order valence-electron chi connectivity index (χ2n) is 7.53. The Morgan fingerprint density at radius 3 is 2.84 bits per heavy atom. The molecule has 8 heteroatoms. The molecule has 1 unspecified atom stereocenters. The normalized spacial score (nSPS) is 15.6. The summed E-state index contributed by atoms with van der Waals surface area (Å²) in [5.74, 6) is 4.19. The molecule has 1 aliphatic rings. The summed E-state index contributed by atoms with van der Waals surface area (Å²) in [6.45, 7) is 5.51. The lowest BCUT2D eigenvalue weighted by Gasteiger charge is -2.25. The Labute approximate surface area is 200 Å². The van der Waals surface area contributed by atoms with E-state index in [9.17, 15) is 0 Å². The number of para-hydroxylation sites is 1. The third-order valence-electron chi connectivity index (χ3n) is 5.15. The van der Waals surface area contributed by atoms with Crippen LogP contribution in [-0.2, 0) is 13.1 Å². The van der Waals surface area contributed by atoms with Gasteiger partial charge in [0.15, 0.2) is 5.96 Å². The second kappa shape index (κ2) is 10.6. The number of guanidine groups is 1. The lowest BCUT2D eigenvalue weighted by molar-refractivity contribution is 0.397. The molecular formula is C23H29IN6O. The van der Waals surface area contributed by atoms with Gasteiger partial charge in [-0.1, -0.05) is 30.3 Å². The predicted octanol–water partition coefficient (Wildman–Crippen LogP) is 4.51. The number of aryl methyl sites for hydroxylation is 3. The van der Waals surface area contributed by atoms with Gasteiger partial charge in [-0.3, -0.25) is 4.99 Å². The first-order valence-corrected chi connectivity index (χ1v) is 10.3. The average molecular weight is 532 g/mol. The third-order valence-corrected chi connectivity index (χ3v) is 5.15. The number of nitrogens with one attached hydrogen (secondary N) is 2. The highest BCUT2D eigenvalue weighted by atomic mass is 127. The van der Waals surface area contributed by atoms with E-state index in [0.717, 1.165) is 54.1 Å². The zero-order valence-electron chi connectivity index (χ0n) is 18.1. The Hall–Kier alpha value is -2.62. The summed E-state index contributed by atoms with van der Waals surface area (Å²) in [4.78, 5) is 8.99. The minimum absolute atomic E-state index is 0. The van der Waals surface area contributed by atoms with E-state index in [1.54, 1.807) is 7.05 Å². The number of aliphatic imine (C=N–C) groups is 1. The van der Waals surface area contributed by atoms with Gasteiger partial charge in [0.05, 0.1) is 6.04 Å². The maximum atomic E-state index is 6.13. The monoisotopic (exact) mass is 532 g/mol. The van der Waals surface area contributed by atoms with Crippen molar-refractivity contribution in [1.29, 1.82) is 0 Å². The largest absolute Gasteiger partial charge is 0.457 e. The molecule has 4 rings (SSSR count). The minimum atomic E-state index is 0. The van der Waals surface area contributed by atoms with Crippen LogP contribution in [0.3, 0.4) is 0 Å². The third kappa shape index (κ3) is 5.75. The Morgan fingerprint density at radius 2 is 2.03 bits per heavy atom. The number of ether oxygens (including phenoxy) is 1. The summed E-state index contributed by atoms with van der Waals surface area (Å²) in [6.07, 6.45) is 2.07. The van der Waals surface area contributed by atoms with E-state index >= 15 is 0 Å². The second-order valence-corrected chi connectivity index (χ2v) is 7.53. The molecule has 0 saturated heterocycles. The molecule has 0 saturated carbocycles. The topological polar surface area (TPSA) is 76.4 Å². The standard InChI is InChI=1S/C23H28N6O.HI/c1-16-8-6-10-19(14-16)30-21-12-5-4-9-18(21)15-25-23(24-3)27-20-11-7-13-29-22(20)26-17(2)28-29;/h4-6,8-10,12,14,20H,7,11,13,15H2,1-3H3,(H2,24,25,27);1H. The molecule has 0 spiro atoms. The van der Waals surface area contributed by atoms with Gasteiger partial charge < -0.3 is 15.4 Å². The lowest BCUT2D eigenvalue weighted by atomic mass is 10.1. The molecule has 7 nitrogen and oxygen atoms in total. The Morgan fingerprint density at radius 1 is 1.19 bits per heavy atom. The zero-order valence-corrected chi connectivity index (χ0v) is 20.5. The number of rotatable bonds is 5.